The number of amides is 1. The molecule has 1 amide bonds. The Bertz CT molecular complexity index is 879. The fourth-order valence-corrected chi connectivity index (χ4v) is 2.74. The van der Waals surface area contributed by atoms with E-state index in [1.54, 1.807) is 23.2 Å². The van der Waals surface area contributed by atoms with Gasteiger partial charge in [0.15, 0.2) is 0 Å². The number of hydrogen-bond donors (Lipinski definition) is 2. The number of fused-ring (bicyclic) bond motifs is 1. The van der Waals surface area contributed by atoms with Crippen molar-refractivity contribution in [3.8, 4) is 5.88 Å². The maximum atomic E-state index is 12.9. The summed E-state index contributed by atoms with van der Waals surface area (Å²) in [7, 11) is 4.04. The number of aromatic nitrogens is 1. The van der Waals surface area contributed by atoms with Crippen LogP contribution in [-0.4, -0.2) is 75.5 Å². The lowest BCUT2D eigenvalue weighted by Crippen LogP contribution is -2.28. The molecule has 3 rings (SSSR count). The van der Waals surface area contributed by atoms with Crippen molar-refractivity contribution in [1.29, 1.82) is 0 Å². The highest BCUT2D eigenvalue weighted by Crippen LogP contribution is 2.26. The molecule has 1 aromatic heterocycles. The molecule has 0 radical (unpaired) electrons. The first kappa shape index (κ1) is 25.5. The molecule has 2 heterocycles. The van der Waals surface area contributed by atoms with Crippen LogP contribution in [0.4, 0.5) is 0 Å². The number of carbonyl (C=O) groups excluding carboxylic acids is 1. The molecule has 1 aliphatic heterocycles. The third kappa shape index (κ3) is 8.03. The van der Waals surface area contributed by atoms with Gasteiger partial charge in [-0.15, -0.1) is 0 Å². The number of ether oxygens (including phenoxy) is 1. The second kappa shape index (κ2) is 12.3. The SMILES string of the molecule is CN(C)CCC1=CN(CC2=CC=CCC2)C(=O)c2cccnc2O1.O.O=C(O)C(=O)O. The van der Waals surface area contributed by atoms with Crippen molar-refractivity contribution in [1.82, 2.24) is 14.8 Å². The summed E-state index contributed by atoms with van der Waals surface area (Å²) in [5, 5.41) is 14.8. The first-order chi connectivity index (χ1) is 14.3. The molecule has 1 aromatic rings. The minimum atomic E-state index is -1.82. The highest BCUT2D eigenvalue weighted by Gasteiger charge is 2.25. The summed E-state index contributed by atoms with van der Waals surface area (Å²) in [6.45, 7) is 1.44. The second-order valence-electron chi connectivity index (χ2n) is 6.94. The number of carbonyl (C=O) groups is 3. The van der Waals surface area contributed by atoms with Crippen LogP contribution in [0.15, 0.2) is 54.1 Å². The normalized spacial score (nSPS) is 14.7. The van der Waals surface area contributed by atoms with Gasteiger partial charge in [0.1, 0.15) is 11.3 Å². The lowest BCUT2D eigenvalue weighted by atomic mass is 10.0. The minimum absolute atomic E-state index is 0. The molecule has 1 aliphatic carbocycles. The second-order valence-corrected chi connectivity index (χ2v) is 6.94. The standard InChI is InChI=1S/C19H23N3O2.C2H2O4.H2O/c1-21(2)12-10-16-14-22(13-15-7-4-3-5-8-15)19(23)17-9-6-11-20-18(17)24-16;3-1(4)2(5)6;/h3-4,6-7,9,11,14H,5,8,10,12-13H2,1-2H3;(H,3,4)(H,5,6);1H2. The molecule has 0 atom stereocenters. The summed E-state index contributed by atoms with van der Waals surface area (Å²) in [5.41, 5.74) is 1.77. The van der Waals surface area contributed by atoms with Crippen molar-refractivity contribution in [2.24, 2.45) is 0 Å². The fraction of sp³-hybridized carbons (Fsp3) is 0.333. The molecule has 4 N–H and O–H groups in total. The minimum Gasteiger partial charge on any atom is -0.473 e. The van der Waals surface area contributed by atoms with Crippen LogP contribution in [0.1, 0.15) is 29.6 Å². The Morgan fingerprint density at radius 1 is 1.26 bits per heavy atom. The molecule has 0 unspecified atom stereocenters. The van der Waals surface area contributed by atoms with E-state index in [0.29, 0.717) is 18.0 Å². The molecule has 2 aliphatic rings. The molecule has 168 valence electrons. The molecule has 0 saturated carbocycles. The molecule has 31 heavy (non-hydrogen) atoms. The first-order valence-electron chi connectivity index (χ1n) is 9.38. The summed E-state index contributed by atoms with van der Waals surface area (Å²) in [4.78, 5) is 39.2. The molecular weight excluding hydrogens is 406 g/mol. The van der Waals surface area contributed by atoms with Crippen LogP contribution in [0.25, 0.3) is 0 Å². The van der Waals surface area contributed by atoms with E-state index in [4.69, 9.17) is 24.5 Å². The topological polar surface area (TPSA) is 152 Å². The molecule has 10 nitrogen and oxygen atoms in total. The van der Waals surface area contributed by atoms with Crippen LogP contribution in [0.2, 0.25) is 0 Å². The van der Waals surface area contributed by atoms with Gasteiger partial charge in [0.05, 0.1) is 0 Å². The number of nitrogens with zero attached hydrogens (tertiary/aromatic N) is 3. The van der Waals surface area contributed by atoms with Crippen molar-refractivity contribution < 1.29 is 34.8 Å². The predicted molar refractivity (Wildman–Crippen MR) is 112 cm³/mol. The van der Waals surface area contributed by atoms with Gasteiger partial charge in [0, 0.05) is 31.9 Å². The zero-order chi connectivity index (χ0) is 22.1. The summed E-state index contributed by atoms with van der Waals surface area (Å²) in [5.74, 6) is -2.55. The average Bonchev–Trinajstić information content (AvgIpc) is 2.84. The smallest absolute Gasteiger partial charge is 0.414 e. The van der Waals surface area contributed by atoms with Gasteiger partial charge >= 0.3 is 11.9 Å². The maximum Gasteiger partial charge on any atom is 0.414 e. The number of carboxylic acids is 2. The van der Waals surface area contributed by atoms with E-state index in [2.05, 4.69) is 28.1 Å². The Morgan fingerprint density at radius 2 is 1.97 bits per heavy atom. The Hall–Kier alpha value is -3.50. The van der Waals surface area contributed by atoms with E-state index in [-0.39, 0.29) is 11.4 Å². The lowest BCUT2D eigenvalue weighted by Gasteiger charge is -2.20. The molecular formula is C21H27N3O7. The van der Waals surface area contributed by atoms with E-state index < -0.39 is 11.9 Å². The van der Waals surface area contributed by atoms with Gasteiger partial charge in [0.25, 0.3) is 5.91 Å². The van der Waals surface area contributed by atoms with Crippen LogP contribution >= 0.6 is 0 Å². The van der Waals surface area contributed by atoms with Gasteiger partial charge in [-0.25, -0.2) is 14.6 Å². The van der Waals surface area contributed by atoms with Crippen LogP contribution < -0.4 is 4.74 Å². The van der Waals surface area contributed by atoms with Crippen molar-refractivity contribution in [3.63, 3.8) is 0 Å². The zero-order valence-corrected chi connectivity index (χ0v) is 17.4. The summed E-state index contributed by atoms with van der Waals surface area (Å²) in [6, 6.07) is 3.54. The van der Waals surface area contributed by atoms with Crippen molar-refractivity contribution in [2.75, 3.05) is 27.2 Å². The predicted octanol–water partition coefficient (Wildman–Crippen LogP) is 1.32. The number of hydrogen-bond acceptors (Lipinski definition) is 6. The van der Waals surface area contributed by atoms with E-state index in [1.165, 1.54) is 5.57 Å². The van der Waals surface area contributed by atoms with Gasteiger partial charge in [-0.2, -0.15) is 0 Å². The van der Waals surface area contributed by atoms with Crippen LogP contribution in [0, 0.1) is 0 Å². The molecule has 10 heteroatoms. The van der Waals surface area contributed by atoms with Crippen molar-refractivity contribution in [2.45, 2.75) is 19.3 Å². The Kier molecular flexibility index (Phi) is 10.1. The quantitative estimate of drug-likeness (QED) is 0.660. The van der Waals surface area contributed by atoms with Crippen molar-refractivity contribution in [3.05, 3.63) is 59.7 Å². The average molecular weight is 433 g/mol. The molecule has 0 fully saturated rings. The van der Waals surface area contributed by atoms with Gasteiger partial charge in [-0.1, -0.05) is 23.8 Å². The highest BCUT2D eigenvalue weighted by molar-refractivity contribution is 6.27. The number of allylic oxidation sites excluding steroid dienone is 3. The van der Waals surface area contributed by atoms with Gasteiger partial charge < -0.3 is 30.2 Å². The molecule has 0 spiro atoms. The number of pyridine rings is 1. The molecule has 0 bridgehead atoms. The van der Waals surface area contributed by atoms with Crippen LogP contribution in [0.3, 0.4) is 0 Å². The van der Waals surface area contributed by atoms with E-state index >= 15 is 0 Å². The zero-order valence-electron chi connectivity index (χ0n) is 17.4. The number of rotatable bonds is 5. The van der Waals surface area contributed by atoms with E-state index in [0.717, 1.165) is 31.6 Å². The van der Waals surface area contributed by atoms with Crippen molar-refractivity contribution >= 4 is 17.8 Å². The summed E-state index contributed by atoms with van der Waals surface area (Å²) >= 11 is 0. The van der Waals surface area contributed by atoms with E-state index in [9.17, 15) is 4.79 Å². The molecule has 0 aromatic carbocycles. The first-order valence-corrected chi connectivity index (χ1v) is 9.38. The third-order valence-electron chi connectivity index (χ3n) is 4.25. The summed E-state index contributed by atoms with van der Waals surface area (Å²) in [6.07, 6.45) is 12.5. The van der Waals surface area contributed by atoms with Gasteiger partial charge in [-0.05, 0) is 39.1 Å². The third-order valence-corrected chi connectivity index (χ3v) is 4.25. The van der Waals surface area contributed by atoms with Gasteiger partial charge in [0.2, 0.25) is 5.88 Å². The number of carboxylic acid groups (broad SMARTS) is 2. The Balaban J connectivity index is 0.000000607. The largest absolute Gasteiger partial charge is 0.473 e. The Morgan fingerprint density at radius 3 is 2.55 bits per heavy atom. The highest BCUT2D eigenvalue weighted by atomic mass is 16.5. The Labute approximate surface area is 180 Å². The maximum absolute atomic E-state index is 12.9. The van der Waals surface area contributed by atoms with E-state index in [1.807, 2.05) is 20.3 Å². The lowest BCUT2D eigenvalue weighted by molar-refractivity contribution is -0.159. The fourth-order valence-electron chi connectivity index (χ4n) is 2.74. The number of aliphatic carboxylic acids is 2. The monoisotopic (exact) mass is 433 g/mol. The summed E-state index contributed by atoms with van der Waals surface area (Å²) < 4.78 is 5.92. The molecule has 0 saturated heterocycles. The van der Waals surface area contributed by atoms with Crippen LogP contribution in [0.5, 0.6) is 5.88 Å². The van der Waals surface area contributed by atoms with Gasteiger partial charge in [-0.3, -0.25) is 4.79 Å². The van der Waals surface area contributed by atoms with Crippen LogP contribution in [-0.2, 0) is 9.59 Å².